The smallest absolute Gasteiger partial charge is 0.229 e. The average Bonchev–Trinajstić information content (AvgIpc) is 3.17. The Morgan fingerprint density at radius 2 is 2.27 bits per heavy atom. The molecule has 0 saturated heterocycles. The van der Waals surface area contributed by atoms with Gasteiger partial charge in [-0.15, -0.1) is 0 Å². The first-order valence-corrected chi connectivity index (χ1v) is 9.18. The number of rotatable bonds is 5. The summed E-state index contributed by atoms with van der Waals surface area (Å²) in [6, 6.07) is 1.25. The molecule has 0 aliphatic heterocycles. The zero-order valence-corrected chi connectivity index (χ0v) is 15.4. The molecule has 0 unspecified atom stereocenters. The number of anilines is 1. The minimum Gasteiger partial charge on any atom is -0.389 e. The fraction of sp³-hybridized carbons (Fsp3) is 0.588. The summed E-state index contributed by atoms with van der Waals surface area (Å²) in [5.41, 5.74) is 1.04. The van der Waals surface area contributed by atoms with E-state index in [9.17, 15) is 15.0 Å². The normalized spacial score (nSPS) is 32.5. The van der Waals surface area contributed by atoms with E-state index in [1.807, 2.05) is 0 Å². The Morgan fingerprint density at radius 3 is 2.96 bits per heavy atom. The number of imidazole rings is 1. The Labute approximate surface area is 155 Å². The Bertz CT molecular complexity index is 871. The van der Waals surface area contributed by atoms with E-state index in [0.29, 0.717) is 22.7 Å². The maximum Gasteiger partial charge on any atom is 0.229 e. The van der Waals surface area contributed by atoms with Crippen LogP contribution in [0.15, 0.2) is 12.4 Å². The lowest BCUT2D eigenvalue weighted by molar-refractivity contribution is -0.132. The summed E-state index contributed by atoms with van der Waals surface area (Å²) in [4.78, 5) is 21.1. The summed E-state index contributed by atoms with van der Waals surface area (Å²) in [7, 11) is 1.54. The molecule has 0 bridgehead atoms. The molecule has 2 heterocycles. The summed E-state index contributed by atoms with van der Waals surface area (Å²) >= 11 is 6.18. The molecule has 4 rings (SSSR count). The number of fused-ring (bicyclic) bond motifs is 2. The predicted octanol–water partition coefficient (Wildman–Crippen LogP) is 0.935. The van der Waals surface area contributed by atoms with Crippen LogP contribution in [0.5, 0.6) is 0 Å². The van der Waals surface area contributed by atoms with Crippen LogP contribution in [0.25, 0.3) is 11.2 Å². The fourth-order valence-electron chi connectivity index (χ4n) is 4.38. The van der Waals surface area contributed by atoms with Crippen molar-refractivity contribution in [3.05, 3.63) is 17.5 Å². The molecule has 2 aromatic heterocycles. The van der Waals surface area contributed by atoms with Crippen LogP contribution in [-0.2, 0) is 4.79 Å². The third kappa shape index (κ3) is 2.25. The van der Waals surface area contributed by atoms with E-state index < -0.39 is 23.7 Å². The molecule has 9 heteroatoms. The maximum absolute atomic E-state index is 12.3. The van der Waals surface area contributed by atoms with E-state index in [0.717, 1.165) is 18.7 Å². The molecular weight excluding hydrogens is 358 g/mol. The van der Waals surface area contributed by atoms with Gasteiger partial charge in [-0.3, -0.25) is 4.79 Å². The third-order valence-corrected chi connectivity index (χ3v) is 5.90. The summed E-state index contributed by atoms with van der Waals surface area (Å²) in [6.07, 6.45) is 0.885. The zero-order chi connectivity index (χ0) is 18.6. The highest BCUT2D eigenvalue weighted by Gasteiger charge is 2.75. The van der Waals surface area contributed by atoms with Gasteiger partial charge in [-0.05, 0) is 12.8 Å². The molecule has 5 atom stereocenters. The summed E-state index contributed by atoms with van der Waals surface area (Å²) < 4.78 is 1.74. The highest BCUT2D eigenvalue weighted by molar-refractivity contribution is 6.30. The van der Waals surface area contributed by atoms with Gasteiger partial charge >= 0.3 is 0 Å². The molecule has 26 heavy (non-hydrogen) atoms. The number of carbonyl (C=O) groups excluding carboxylic acids is 1. The summed E-state index contributed by atoms with van der Waals surface area (Å²) in [5.74, 6) is -0.407. The van der Waals surface area contributed by atoms with E-state index in [1.165, 1.54) is 0 Å². The number of halogens is 1. The number of amides is 1. The van der Waals surface area contributed by atoms with Crippen molar-refractivity contribution in [2.45, 2.75) is 38.0 Å². The van der Waals surface area contributed by atoms with Crippen molar-refractivity contribution in [3.63, 3.8) is 0 Å². The second-order valence-corrected chi connectivity index (χ2v) is 7.49. The predicted molar refractivity (Wildman–Crippen MR) is 97.0 cm³/mol. The van der Waals surface area contributed by atoms with Gasteiger partial charge in [0.1, 0.15) is 16.8 Å². The lowest BCUT2D eigenvalue weighted by Gasteiger charge is -2.23. The van der Waals surface area contributed by atoms with Gasteiger partial charge in [0.15, 0.2) is 5.65 Å². The first-order chi connectivity index (χ1) is 12.5. The topological polar surface area (TPSA) is 112 Å². The number of aromatic nitrogens is 3. The SMILES string of the molecule is CCCNc1cc(Cl)nc2c1ncn2[C@H]1[C@H](O)[C@H](O)[C@]2(C(=O)NC)C[C@H]12. The van der Waals surface area contributed by atoms with Gasteiger partial charge in [-0.25, -0.2) is 9.97 Å². The molecule has 1 amide bonds. The number of aliphatic hydroxyl groups is 2. The van der Waals surface area contributed by atoms with Crippen LogP contribution in [0.1, 0.15) is 25.8 Å². The Morgan fingerprint density at radius 1 is 1.50 bits per heavy atom. The average molecular weight is 380 g/mol. The van der Waals surface area contributed by atoms with Crippen molar-refractivity contribution in [3.8, 4) is 0 Å². The highest BCUT2D eigenvalue weighted by atomic mass is 35.5. The van der Waals surface area contributed by atoms with Crippen LogP contribution in [0.4, 0.5) is 5.69 Å². The molecule has 2 saturated carbocycles. The lowest BCUT2D eigenvalue weighted by atomic mass is 9.98. The summed E-state index contributed by atoms with van der Waals surface area (Å²) in [5, 5.41) is 27.4. The molecule has 2 aliphatic carbocycles. The highest BCUT2D eigenvalue weighted by Crippen LogP contribution is 2.67. The number of nitrogens with one attached hydrogen (secondary N) is 2. The number of nitrogens with zero attached hydrogens (tertiary/aromatic N) is 3. The van der Waals surface area contributed by atoms with Gasteiger partial charge in [0.25, 0.3) is 0 Å². The van der Waals surface area contributed by atoms with Gasteiger partial charge in [0.05, 0.1) is 29.6 Å². The second-order valence-electron chi connectivity index (χ2n) is 7.10. The molecule has 0 spiro atoms. The van der Waals surface area contributed by atoms with Gasteiger partial charge < -0.3 is 25.4 Å². The molecule has 2 aliphatic rings. The maximum atomic E-state index is 12.3. The number of hydrogen-bond acceptors (Lipinski definition) is 6. The Balaban J connectivity index is 1.76. The van der Waals surface area contributed by atoms with Crippen molar-refractivity contribution in [2.24, 2.45) is 11.3 Å². The molecular formula is C17H22ClN5O3. The van der Waals surface area contributed by atoms with Gasteiger partial charge in [-0.2, -0.15) is 0 Å². The monoisotopic (exact) mass is 379 g/mol. The lowest BCUT2D eigenvalue weighted by Crippen LogP contribution is -2.41. The van der Waals surface area contributed by atoms with Crippen molar-refractivity contribution >= 4 is 34.4 Å². The van der Waals surface area contributed by atoms with E-state index in [-0.39, 0.29) is 11.8 Å². The minimum absolute atomic E-state index is 0.169. The molecule has 4 N–H and O–H groups in total. The van der Waals surface area contributed by atoms with Crippen molar-refractivity contribution < 1.29 is 15.0 Å². The molecule has 0 aromatic carbocycles. The van der Waals surface area contributed by atoms with Crippen molar-refractivity contribution in [1.82, 2.24) is 19.9 Å². The summed E-state index contributed by atoms with van der Waals surface area (Å²) in [6.45, 7) is 2.84. The second kappa shape index (κ2) is 6.07. The molecule has 140 valence electrons. The molecule has 2 aromatic rings. The van der Waals surface area contributed by atoms with E-state index >= 15 is 0 Å². The molecule has 0 radical (unpaired) electrons. The van der Waals surface area contributed by atoms with E-state index in [4.69, 9.17) is 11.6 Å². The largest absolute Gasteiger partial charge is 0.389 e. The third-order valence-electron chi connectivity index (χ3n) is 5.71. The van der Waals surface area contributed by atoms with Crippen molar-refractivity contribution in [2.75, 3.05) is 18.9 Å². The van der Waals surface area contributed by atoms with Crippen molar-refractivity contribution in [1.29, 1.82) is 0 Å². The minimum atomic E-state index is -1.12. The first-order valence-electron chi connectivity index (χ1n) is 8.81. The Hall–Kier alpha value is -1.90. The number of pyridine rings is 1. The number of aliphatic hydroxyl groups excluding tert-OH is 2. The fourth-order valence-corrected chi connectivity index (χ4v) is 4.56. The quantitative estimate of drug-likeness (QED) is 0.575. The van der Waals surface area contributed by atoms with Crippen LogP contribution in [0.2, 0.25) is 5.15 Å². The Kier molecular flexibility index (Phi) is 4.09. The van der Waals surface area contributed by atoms with Gasteiger partial charge in [-0.1, -0.05) is 18.5 Å². The van der Waals surface area contributed by atoms with Crippen LogP contribution in [0.3, 0.4) is 0 Å². The molecule has 2 fully saturated rings. The standard InChI is InChI=1S/C17H22ClN5O3/c1-3-4-20-9-5-10(18)22-15-11(9)21-7-23(15)12-8-6-17(8,16(26)19-2)14(25)13(12)24/h5,7-8,12-14,24-25H,3-4,6H2,1-2H3,(H,19,26)(H,20,22)/t8-,12-,13+,14+,17+/m1/s1. The van der Waals surface area contributed by atoms with Crippen LogP contribution in [-0.4, -0.2) is 56.5 Å². The first kappa shape index (κ1) is 17.5. The van der Waals surface area contributed by atoms with E-state index in [1.54, 1.807) is 24.0 Å². The van der Waals surface area contributed by atoms with Gasteiger partial charge in [0.2, 0.25) is 5.91 Å². The van der Waals surface area contributed by atoms with Crippen LogP contribution in [0, 0.1) is 11.3 Å². The zero-order valence-electron chi connectivity index (χ0n) is 14.6. The number of hydrogen-bond donors (Lipinski definition) is 4. The number of carbonyl (C=O) groups is 1. The van der Waals surface area contributed by atoms with Crippen LogP contribution >= 0.6 is 11.6 Å². The van der Waals surface area contributed by atoms with Crippen LogP contribution < -0.4 is 10.6 Å². The van der Waals surface area contributed by atoms with E-state index in [2.05, 4.69) is 27.5 Å². The van der Waals surface area contributed by atoms with Gasteiger partial charge in [0, 0.05) is 25.6 Å². The molecule has 8 nitrogen and oxygen atoms in total.